The molecule has 2 rings (SSSR count). The number of benzene rings is 1. The Bertz CT molecular complexity index is 1270. The average Bonchev–Trinajstić information content (AvgIpc) is 2.55. The Morgan fingerprint density at radius 1 is 0.906 bits per heavy atom. The van der Waals surface area contributed by atoms with Crippen molar-refractivity contribution in [3.8, 4) is 0 Å². The number of nitrogen functional groups attached to an aromatic ring is 1. The normalized spacial score (nSPS) is 11.7. The van der Waals surface area contributed by atoms with Crippen LogP contribution < -0.4 is 21.1 Å². The molecule has 0 radical (unpaired) electrons. The molecule has 20 heteroatoms. The fourth-order valence-electron chi connectivity index (χ4n) is 2.05. The number of anilines is 4. The molecule has 170 valence electrons. The second-order valence-electron chi connectivity index (χ2n) is 5.67. The number of sulfonamides is 1. The smallest absolute Gasteiger partial charge is 0.296 e. The van der Waals surface area contributed by atoms with Crippen LogP contribution in [0.2, 0.25) is 0 Å². The molecule has 1 aromatic heterocycles. The second-order valence-corrected chi connectivity index (χ2v) is 10.3. The van der Waals surface area contributed by atoms with Crippen LogP contribution in [0.4, 0.5) is 23.5 Å². The quantitative estimate of drug-likeness (QED) is 0.126. The molecule has 0 saturated heterocycles. The molecule has 32 heavy (non-hydrogen) atoms. The van der Waals surface area contributed by atoms with Crippen LogP contribution in [0.3, 0.4) is 0 Å². The van der Waals surface area contributed by atoms with Crippen LogP contribution in [0.15, 0.2) is 28.0 Å². The summed E-state index contributed by atoms with van der Waals surface area (Å²) in [7, 11) is -12.9. The van der Waals surface area contributed by atoms with E-state index in [1.54, 1.807) is 0 Å². The molecule has 0 amide bonds. The molecular formula is C12H17Mt2N7O8S3. The fourth-order valence-corrected chi connectivity index (χ4v) is 3.66. The van der Waals surface area contributed by atoms with Gasteiger partial charge in [-0.2, -0.15) is 31.8 Å². The monoisotopic (exact) mass is 1040 g/mol. The Balaban J connectivity index is 0.00000480. The van der Waals surface area contributed by atoms with Gasteiger partial charge in [-0.1, -0.05) is 0 Å². The van der Waals surface area contributed by atoms with Crippen molar-refractivity contribution >= 4 is 53.8 Å². The number of hydrogen-bond donors (Lipinski definition) is 6. The van der Waals surface area contributed by atoms with Crippen LogP contribution in [-0.4, -0.2) is 68.7 Å². The maximum atomic E-state index is 11.6. The van der Waals surface area contributed by atoms with Crippen molar-refractivity contribution in [2.75, 3.05) is 35.7 Å². The van der Waals surface area contributed by atoms with Gasteiger partial charge in [0.05, 0.1) is 16.8 Å². The van der Waals surface area contributed by atoms with Gasteiger partial charge in [-0.25, -0.2) is 13.1 Å². The fraction of sp³-hybridized carbons (Fsp3) is 0.250. The minimum absolute atomic E-state index is 0. The summed E-state index contributed by atoms with van der Waals surface area (Å²) < 4.78 is 88.5. The molecule has 0 unspecified atom stereocenters. The Hall–Kier alpha value is -4.64. The van der Waals surface area contributed by atoms with E-state index >= 15 is 0 Å². The zero-order chi connectivity index (χ0) is 22.7. The summed E-state index contributed by atoms with van der Waals surface area (Å²) >= 11 is 0. The molecule has 2 aromatic rings. The SMILES string of the molecule is CS(=O)(=O)NCCNc1nc(N)nc(Nc2cc(S(=O)(=O)O)ccc2S(=O)(=O)O)n1.[Mt].[Mt]. The van der Waals surface area contributed by atoms with Gasteiger partial charge in [0.25, 0.3) is 20.2 Å². The molecule has 7 N–H and O–H groups in total. The van der Waals surface area contributed by atoms with Gasteiger partial charge in [-0.05, 0) is 18.2 Å². The first kappa shape index (κ1) is 27.4. The van der Waals surface area contributed by atoms with Crippen molar-refractivity contribution in [2.45, 2.75) is 9.79 Å². The van der Waals surface area contributed by atoms with Gasteiger partial charge in [0.1, 0.15) is 4.90 Å². The van der Waals surface area contributed by atoms with E-state index in [9.17, 15) is 29.8 Å². The van der Waals surface area contributed by atoms with Crippen LogP contribution >= 0.6 is 0 Å². The van der Waals surface area contributed by atoms with Crippen LogP contribution in [0.1, 0.15) is 0 Å². The molecular weight excluding hydrogens is 1020 g/mol. The third kappa shape index (κ3) is 7.65. The van der Waals surface area contributed by atoms with Gasteiger partial charge >= 0.3 is 0 Å². The molecule has 1 heterocycles. The predicted molar refractivity (Wildman–Crippen MR) is 105 cm³/mol. The minimum atomic E-state index is -4.79. The number of aromatic nitrogens is 3. The summed E-state index contributed by atoms with van der Waals surface area (Å²) in [6.45, 7) is 0.0565. The Morgan fingerprint density at radius 2 is 1.50 bits per heavy atom. The largest absolute Gasteiger partial charge is 0.368 e. The molecule has 0 aliphatic carbocycles. The summed E-state index contributed by atoms with van der Waals surface area (Å²) in [5.74, 6) is -0.761. The number of nitrogens with zero attached hydrogens (tertiary/aromatic N) is 3. The van der Waals surface area contributed by atoms with E-state index in [1.807, 2.05) is 0 Å². The Labute approximate surface area is 171 Å². The standard InChI is InChI=1S/C12H17N7O8S3.2Mt/c1-28(20,21)15-5-4-14-11-17-10(13)18-12(19-11)16-8-6-7(29(22,23)24)2-3-9(8)30(25,26)27;;/h2-3,6,15H,4-5H2,1H3,(H,22,23,24)(H,25,26,27)(H4,13,14,16,17,18,19);;. The van der Waals surface area contributed by atoms with E-state index in [0.29, 0.717) is 0 Å². The van der Waals surface area contributed by atoms with Gasteiger partial charge < -0.3 is 16.4 Å². The molecule has 0 spiro atoms. The Kier molecular flexibility index (Phi) is 8.08. The van der Waals surface area contributed by atoms with Crippen molar-refractivity contribution in [3.05, 3.63) is 18.2 Å². The summed E-state index contributed by atoms with van der Waals surface area (Å²) in [4.78, 5) is 9.98. The van der Waals surface area contributed by atoms with E-state index in [4.69, 9.17) is 10.3 Å². The summed E-state index contributed by atoms with van der Waals surface area (Å²) in [5, 5.41) is 5.03. The summed E-state index contributed by atoms with van der Waals surface area (Å²) in [6, 6.07) is 2.26. The molecule has 0 aliphatic rings. The number of nitrogens with two attached hydrogens (primary N) is 1. The molecule has 0 fully saturated rings. The van der Waals surface area contributed by atoms with Crippen LogP contribution in [0.5, 0.6) is 0 Å². The van der Waals surface area contributed by atoms with E-state index in [-0.39, 0.29) is 30.9 Å². The van der Waals surface area contributed by atoms with Crippen molar-refractivity contribution in [1.29, 1.82) is 0 Å². The number of nitrogens with one attached hydrogen (secondary N) is 3. The predicted octanol–water partition coefficient (Wildman–Crippen LogP) is -1.35. The third-order valence-corrected chi connectivity index (χ3v) is 5.69. The Morgan fingerprint density at radius 3 is 2.03 bits per heavy atom. The topological polar surface area (TPSA) is 244 Å². The van der Waals surface area contributed by atoms with Crippen molar-refractivity contribution in [1.82, 2.24) is 19.7 Å². The van der Waals surface area contributed by atoms with Gasteiger partial charge in [-0.3, -0.25) is 9.11 Å². The van der Waals surface area contributed by atoms with Crippen molar-refractivity contribution < 1.29 is 34.4 Å². The van der Waals surface area contributed by atoms with E-state index in [2.05, 4.69) is 30.3 Å². The summed E-state index contributed by atoms with van der Waals surface area (Å²) in [5.41, 5.74) is 5.08. The second kappa shape index (κ2) is 9.45. The van der Waals surface area contributed by atoms with Crippen LogP contribution in [-0.2, 0) is 30.3 Å². The molecule has 0 saturated carbocycles. The maximum Gasteiger partial charge on any atom is 0.296 e. The zero-order valence-electron chi connectivity index (χ0n) is 16.5. The molecule has 15 nitrogen and oxygen atoms in total. The first-order chi connectivity index (χ1) is 13.6. The van der Waals surface area contributed by atoms with Crippen LogP contribution in [0.25, 0.3) is 0 Å². The average molecular weight is 1040 g/mol. The van der Waals surface area contributed by atoms with Gasteiger partial charge in [0.2, 0.25) is 27.9 Å². The van der Waals surface area contributed by atoms with E-state index in [0.717, 1.165) is 24.5 Å². The molecule has 0 aliphatic heterocycles. The molecule has 0 bridgehead atoms. The van der Waals surface area contributed by atoms with Crippen molar-refractivity contribution in [3.63, 3.8) is 0 Å². The van der Waals surface area contributed by atoms with Crippen molar-refractivity contribution in [2.24, 2.45) is 0 Å². The number of rotatable bonds is 9. The maximum absolute atomic E-state index is 11.6. The van der Waals surface area contributed by atoms with Gasteiger partial charge in [0, 0.05) is 13.1 Å². The van der Waals surface area contributed by atoms with E-state index < -0.39 is 45.7 Å². The first-order valence-electron chi connectivity index (χ1n) is 7.71. The first-order valence-corrected chi connectivity index (χ1v) is 12.5. The van der Waals surface area contributed by atoms with Crippen LogP contribution in [0, 0.1) is 0 Å². The molecule has 1 aromatic carbocycles. The molecule has 0 atom stereocenters. The van der Waals surface area contributed by atoms with Gasteiger partial charge in [0.15, 0.2) is 0 Å². The zero-order valence-corrected chi connectivity index (χ0v) is 32.1. The number of hydrogen-bond acceptors (Lipinski definition) is 12. The summed E-state index contributed by atoms with van der Waals surface area (Å²) in [6.07, 6.45) is 0.976. The minimum Gasteiger partial charge on any atom is -0.368 e. The van der Waals surface area contributed by atoms with Gasteiger partial charge in [-0.15, -0.1) is 0 Å². The third-order valence-electron chi connectivity index (χ3n) is 3.20. The van der Waals surface area contributed by atoms with E-state index in [1.165, 1.54) is 0 Å².